The van der Waals surface area contributed by atoms with E-state index in [9.17, 15) is 4.79 Å². The van der Waals surface area contributed by atoms with Crippen LogP contribution in [0, 0.1) is 6.92 Å². The number of pyridine rings is 1. The fourth-order valence-corrected chi connectivity index (χ4v) is 1.95. The van der Waals surface area contributed by atoms with E-state index in [-0.39, 0.29) is 5.56 Å². The first-order chi connectivity index (χ1) is 6.06. The predicted octanol–water partition coefficient (Wildman–Crippen LogP) is 2.46. The Morgan fingerprint density at radius 3 is 2.77 bits per heavy atom. The Balaban J connectivity index is 3.38. The van der Waals surface area contributed by atoms with Crippen LogP contribution >= 0.6 is 23.4 Å². The topological polar surface area (TPSA) is 50.2 Å². The molecular formula is C8H8ClNO2S. The van der Waals surface area contributed by atoms with Crippen LogP contribution in [0.1, 0.15) is 15.9 Å². The highest BCUT2D eigenvalue weighted by Crippen LogP contribution is 2.23. The molecule has 0 fully saturated rings. The maximum atomic E-state index is 10.8. The molecule has 0 unspecified atom stereocenters. The van der Waals surface area contributed by atoms with Crippen molar-refractivity contribution in [3.05, 3.63) is 22.3 Å². The molecule has 1 aromatic rings. The normalized spacial score (nSPS) is 10.1. The number of hydrogen-bond donors (Lipinski definition) is 1. The smallest absolute Gasteiger partial charge is 0.338 e. The van der Waals surface area contributed by atoms with Gasteiger partial charge in [-0.05, 0) is 24.8 Å². The van der Waals surface area contributed by atoms with Crippen LogP contribution in [-0.4, -0.2) is 22.3 Å². The van der Waals surface area contributed by atoms with Crippen molar-refractivity contribution in [1.82, 2.24) is 4.98 Å². The first kappa shape index (κ1) is 10.3. The van der Waals surface area contributed by atoms with Gasteiger partial charge in [-0.15, -0.1) is 11.8 Å². The molecule has 0 atom stereocenters. The summed E-state index contributed by atoms with van der Waals surface area (Å²) in [4.78, 5) is 14.7. The molecule has 0 saturated heterocycles. The van der Waals surface area contributed by atoms with Gasteiger partial charge in [0, 0.05) is 0 Å². The molecule has 13 heavy (non-hydrogen) atoms. The van der Waals surface area contributed by atoms with E-state index in [2.05, 4.69) is 4.98 Å². The number of halogens is 1. The maximum absolute atomic E-state index is 10.8. The van der Waals surface area contributed by atoms with Gasteiger partial charge in [0.1, 0.15) is 10.2 Å². The first-order valence-corrected chi connectivity index (χ1v) is 5.11. The number of rotatable bonds is 2. The number of nitrogens with zero attached hydrogens (tertiary/aromatic N) is 1. The van der Waals surface area contributed by atoms with Crippen molar-refractivity contribution in [2.45, 2.75) is 11.9 Å². The number of aromatic nitrogens is 1. The second-order valence-corrected chi connectivity index (χ2v) is 3.63. The fourth-order valence-electron chi connectivity index (χ4n) is 1.01. The standard InChI is InChI=1S/C8H8ClNO2S/c1-4-3-5(9)10-7(13-2)6(4)8(11)12/h3H,1-2H3,(H,11,12). The molecule has 0 aliphatic carbocycles. The summed E-state index contributed by atoms with van der Waals surface area (Å²) in [6.45, 7) is 1.71. The van der Waals surface area contributed by atoms with Crippen LogP contribution in [0.5, 0.6) is 0 Å². The molecule has 0 amide bonds. The van der Waals surface area contributed by atoms with E-state index in [1.165, 1.54) is 11.8 Å². The third kappa shape index (κ3) is 2.14. The zero-order chi connectivity index (χ0) is 10.0. The van der Waals surface area contributed by atoms with E-state index < -0.39 is 5.97 Å². The highest BCUT2D eigenvalue weighted by atomic mass is 35.5. The third-order valence-electron chi connectivity index (χ3n) is 1.56. The van der Waals surface area contributed by atoms with E-state index in [1.54, 1.807) is 19.2 Å². The summed E-state index contributed by atoms with van der Waals surface area (Å²) >= 11 is 6.96. The molecule has 0 spiro atoms. The lowest BCUT2D eigenvalue weighted by atomic mass is 10.2. The van der Waals surface area contributed by atoms with Crippen LogP contribution in [0.3, 0.4) is 0 Å². The zero-order valence-corrected chi connectivity index (χ0v) is 8.74. The van der Waals surface area contributed by atoms with Gasteiger partial charge < -0.3 is 5.11 Å². The van der Waals surface area contributed by atoms with Crippen molar-refractivity contribution >= 4 is 29.3 Å². The third-order valence-corrected chi connectivity index (χ3v) is 2.44. The molecule has 0 radical (unpaired) electrons. The van der Waals surface area contributed by atoms with Crippen LogP contribution in [0.4, 0.5) is 0 Å². The molecule has 0 aromatic carbocycles. The monoisotopic (exact) mass is 217 g/mol. The summed E-state index contributed by atoms with van der Waals surface area (Å²) in [7, 11) is 0. The summed E-state index contributed by atoms with van der Waals surface area (Å²) in [6, 6.07) is 1.55. The van der Waals surface area contributed by atoms with Crippen LogP contribution in [-0.2, 0) is 0 Å². The van der Waals surface area contributed by atoms with Crippen molar-refractivity contribution in [3.8, 4) is 0 Å². The first-order valence-electron chi connectivity index (χ1n) is 3.50. The van der Waals surface area contributed by atoms with Crippen LogP contribution < -0.4 is 0 Å². The minimum Gasteiger partial charge on any atom is -0.478 e. The summed E-state index contributed by atoms with van der Waals surface area (Å²) in [5.41, 5.74) is 0.869. The van der Waals surface area contributed by atoms with Gasteiger partial charge in [-0.2, -0.15) is 0 Å². The molecule has 3 nitrogen and oxygen atoms in total. The molecule has 1 N–H and O–H groups in total. The average molecular weight is 218 g/mol. The number of thioether (sulfide) groups is 1. The quantitative estimate of drug-likeness (QED) is 0.611. The van der Waals surface area contributed by atoms with Gasteiger partial charge >= 0.3 is 5.97 Å². The Labute approximate surface area is 85.1 Å². The number of carbonyl (C=O) groups is 1. The van der Waals surface area contributed by atoms with Gasteiger partial charge in [0.05, 0.1) is 5.56 Å². The van der Waals surface area contributed by atoms with Gasteiger partial charge in [0.15, 0.2) is 0 Å². The highest BCUT2D eigenvalue weighted by molar-refractivity contribution is 7.98. The molecular weight excluding hydrogens is 210 g/mol. The minimum atomic E-state index is -0.967. The van der Waals surface area contributed by atoms with Crippen molar-refractivity contribution in [1.29, 1.82) is 0 Å². The van der Waals surface area contributed by atoms with Crippen molar-refractivity contribution in [3.63, 3.8) is 0 Å². The molecule has 0 saturated carbocycles. The highest BCUT2D eigenvalue weighted by Gasteiger charge is 2.14. The van der Waals surface area contributed by atoms with Gasteiger partial charge in [0.2, 0.25) is 0 Å². The SMILES string of the molecule is CSc1nc(Cl)cc(C)c1C(=O)O. The van der Waals surface area contributed by atoms with Crippen molar-refractivity contribution in [2.24, 2.45) is 0 Å². The van der Waals surface area contributed by atoms with Gasteiger partial charge in [-0.25, -0.2) is 9.78 Å². The molecule has 5 heteroatoms. The largest absolute Gasteiger partial charge is 0.478 e. The molecule has 1 heterocycles. The number of aromatic carboxylic acids is 1. The molecule has 0 bridgehead atoms. The molecule has 0 aliphatic heterocycles. The molecule has 70 valence electrons. The Bertz CT molecular complexity index is 354. The summed E-state index contributed by atoms with van der Waals surface area (Å²) in [5, 5.41) is 9.65. The number of carboxylic acids is 1. The lowest BCUT2D eigenvalue weighted by molar-refractivity contribution is 0.0691. The summed E-state index contributed by atoms with van der Waals surface area (Å²) in [6.07, 6.45) is 1.77. The van der Waals surface area contributed by atoms with Gasteiger partial charge in [-0.3, -0.25) is 0 Å². The molecule has 1 aromatic heterocycles. The summed E-state index contributed by atoms with van der Waals surface area (Å²) < 4.78 is 0. The second kappa shape index (κ2) is 3.98. The van der Waals surface area contributed by atoms with E-state index in [4.69, 9.17) is 16.7 Å². The van der Waals surface area contributed by atoms with Crippen molar-refractivity contribution < 1.29 is 9.90 Å². The number of aryl methyl sites for hydroxylation is 1. The van der Waals surface area contributed by atoms with Crippen molar-refractivity contribution in [2.75, 3.05) is 6.26 Å². The average Bonchev–Trinajstić information content (AvgIpc) is 2.01. The Morgan fingerprint density at radius 1 is 1.69 bits per heavy atom. The van der Waals surface area contributed by atoms with Gasteiger partial charge in [-0.1, -0.05) is 11.6 Å². The lowest BCUT2D eigenvalue weighted by Gasteiger charge is -2.05. The molecule has 0 aliphatic rings. The van der Waals surface area contributed by atoms with Crippen LogP contribution in [0.2, 0.25) is 5.15 Å². The second-order valence-electron chi connectivity index (χ2n) is 2.45. The fraction of sp³-hybridized carbons (Fsp3) is 0.250. The lowest BCUT2D eigenvalue weighted by Crippen LogP contribution is -2.04. The summed E-state index contributed by atoms with van der Waals surface area (Å²) in [5.74, 6) is -0.967. The van der Waals surface area contributed by atoms with E-state index in [0.29, 0.717) is 15.7 Å². The van der Waals surface area contributed by atoms with Crippen LogP contribution in [0.25, 0.3) is 0 Å². The van der Waals surface area contributed by atoms with Crippen LogP contribution in [0.15, 0.2) is 11.1 Å². The van der Waals surface area contributed by atoms with E-state index in [1.807, 2.05) is 0 Å². The Morgan fingerprint density at radius 2 is 2.31 bits per heavy atom. The number of carboxylic acid groups (broad SMARTS) is 1. The maximum Gasteiger partial charge on any atom is 0.338 e. The van der Waals surface area contributed by atoms with E-state index in [0.717, 1.165) is 0 Å². The van der Waals surface area contributed by atoms with Gasteiger partial charge in [0.25, 0.3) is 0 Å². The minimum absolute atomic E-state index is 0.233. The predicted molar refractivity (Wildman–Crippen MR) is 52.7 cm³/mol. The Hall–Kier alpha value is -0.740. The molecule has 1 rings (SSSR count). The Kier molecular flexibility index (Phi) is 3.17. The number of hydrogen-bond acceptors (Lipinski definition) is 3. The zero-order valence-electron chi connectivity index (χ0n) is 7.17. The van der Waals surface area contributed by atoms with E-state index >= 15 is 0 Å².